The number of hydrogen-bond acceptors (Lipinski definition) is 7. The van der Waals surface area contributed by atoms with E-state index in [-0.39, 0.29) is 0 Å². The molecule has 4 rings (SSSR count). The number of aryl methyl sites for hydroxylation is 1. The molecule has 1 saturated heterocycles. The number of rotatable bonds is 4. The van der Waals surface area contributed by atoms with Crippen molar-refractivity contribution >= 4 is 22.8 Å². The van der Waals surface area contributed by atoms with Crippen LogP contribution in [0.1, 0.15) is 11.4 Å². The maximum absolute atomic E-state index is 10.6. The molecular weight excluding hydrogens is 429 g/mol. The highest BCUT2D eigenvalue weighted by atomic mass is 19.4. The predicted molar refractivity (Wildman–Crippen MR) is 111 cm³/mol. The lowest BCUT2D eigenvalue weighted by molar-refractivity contribution is -0.192. The first kappa shape index (κ1) is 23.3. The van der Waals surface area contributed by atoms with Crippen LogP contribution in [-0.4, -0.2) is 75.4 Å². The molecule has 4 heterocycles. The number of H-pyrrole nitrogens is 1. The lowest BCUT2D eigenvalue weighted by Gasteiger charge is -2.36. The maximum atomic E-state index is 10.6. The Bertz CT molecular complexity index is 1060. The number of carboxylic acids is 1. The van der Waals surface area contributed by atoms with E-state index in [2.05, 4.69) is 42.7 Å². The number of methoxy groups -OCH3 is 1. The van der Waals surface area contributed by atoms with Crippen LogP contribution in [0.15, 0.2) is 30.6 Å². The van der Waals surface area contributed by atoms with Crippen LogP contribution in [0.4, 0.5) is 18.9 Å². The number of nitrogens with one attached hydrogen (secondary N) is 1. The standard InChI is InChI=1S/C18H22N6O.C2HF3O2/c1-13-11-19-6-5-15(13)24-9-7-23(8-10-24)12-16-20-14-3-4-17(25-2)22-18(14)21-16;3-2(4,5)1(6)7/h3-6,11H,7-10,12H2,1-2H3,(H,20,21,22);(H,6,7). The molecule has 0 aliphatic carbocycles. The fraction of sp³-hybridized carbons (Fsp3) is 0.400. The van der Waals surface area contributed by atoms with Gasteiger partial charge in [0.15, 0.2) is 5.65 Å². The minimum Gasteiger partial charge on any atom is -0.481 e. The first-order chi connectivity index (χ1) is 15.2. The largest absolute Gasteiger partial charge is 0.490 e. The molecule has 1 aliphatic heterocycles. The number of fused-ring (bicyclic) bond motifs is 1. The summed E-state index contributed by atoms with van der Waals surface area (Å²) in [5.41, 5.74) is 4.17. The fourth-order valence-electron chi connectivity index (χ4n) is 3.29. The summed E-state index contributed by atoms with van der Waals surface area (Å²) in [6.45, 7) is 6.96. The molecule has 0 unspecified atom stereocenters. The number of ether oxygens (including phenoxy) is 1. The number of pyridine rings is 2. The van der Waals surface area contributed by atoms with Crippen molar-refractivity contribution in [3.05, 3.63) is 42.0 Å². The molecule has 0 saturated carbocycles. The van der Waals surface area contributed by atoms with Gasteiger partial charge in [-0.25, -0.2) is 9.78 Å². The van der Waals surface area contributed by atoms with E-state index in [1.807, 2.05) is 24.5 Å². The van der Waals surface area contributed by atoms with Gasteiger partial charge >= 0.3 is 12.1 Å². The second-order valence-corrected chi connectivity index (χ2v) is 7.14. The Morgan fingerprint density at radius 3 is 2.47 bits per heavy atom. The van der Waals surface area contributed by atoms with Gasteiger partial charge in [-0.3, -0.25) is 9.88 Å². The summed E-state index contributed by atoms with van der Waals surface area (Å²) in [5.74, 6) is -1.22. The topological polar surface area (TPSA) is 107 Å². The Kier molecular flexibility index (Phi) is 7.13. The lowest BCUT2D eigenvalue weighted by Crippen LogP contribution is -2.46. The molecule has 1 aliphatic rings. The second-order valence-electron chi connectivity index (χ2n) is 7.14. The molecule has 3 aromatic rings. The summed E-state index contributed by atoms with van der Waals surface area (Å²) in [6, 6.07) is 5.91. The van der Waals surface area contributed by atoms with Crippen molar-refractivity contribution in [1.82, 2.24) is 24.8 Å². The fourth-order valence-corrected chi connectivity index (χ4v) is 3.29. The van der Waals surface area contributed by atoms with E-state index in [9.17, 15) is 13.2 Å². The van der Waals surface area contributed by atoms with Gasteiger partial charge in [-0.1, -0.05) is 0 Å². The monoisotopic (exact) mass is 452 g/mol. The van der Waals surface area contributed by atoms with Crippen LogP contribution in [0.5, 0.6) is 5.88 Å². The number of aromatic nitrogens is 4. The van der Waals surface area contributed by atoms with Gasteiger partial charge in [-0.2, -0.15) is 18.2 Å². The molecule has 0 spiro atoms. The van der Waals surface area contributed by atoms with E-state index in [0.717, 1.165) is 44.1 Å². The minimum absolute atomic E-state index is 0.590. The van der Waals surface area contributed by atoms with E-state index >= 15 is 0 Å². The van der Waals surface area contributed by atoms with Crippen molar-refractivity contribution in [3.63, 3.8) is 0 Å². The number of aliphatic carboxylic acids is 1. The van der Waals surface area contributed by atoms with Gasteiger partial charge in [-0.15, -0.1) is 0 Å². The maximum Gasteiger partial charge on any atom is 0.490 e. The summed E-state index contributed by atoms with van der Waals surface area (Å²) in [6.07, 6.45) is -1.29. The summed E-state index contributed by atoms with van der Waals surface area (Å²) in [4.78, 5) is 30.2. The number of anilines is 1. The summed E-state index contributed by atoms with van der Waals surface area (Å²) in [7, 11) is 1.62. The predicted octanol–water partition coefficient (Wildman–Crippen LogP) is 2.63. The molecule has 1 fully saturated rings. The van der Waals surface area contributed by atoms with Crippen LogP contribution in [0.2, 0.25) is 0 Å². The van der Waals surface area contributed by atoms with Crippen LogP contribution in [0.25, 0.3) is 11.2 Å². The van der Waals surface area contributed by atoms with Gasteiger partial charge in [0.05, 0.1) is 19.2 Å². The molecule has 12 heteroatoms. The van der Waals surface area contributed by atoms with Crippen LogP contribution in [0, 0.1) is 6.92 Å². The summed E-state index contributed by atoms with van der Waals surface area (Å²) < 4.78 is 36.9. The van der Waals surface area contributed by atoms with Crippen LogP contribution in [-0.2, 0) is 11.3 Å². The first-order valence-electron chi connectivity index (χ1n) is 9.75. The second kappa shape index (κ2) is 9.81. The quantitative estimate of drug-likeness (QED) is 0.622. The average molecular weight is 452 g/mol. The van der Waals surface area contributed by atoms with Crippen LogP contribution < -0.4 is 9.64 Å². The highest BCUT2D eigenvalue weighted by Crippen LogP contribution is 2.21. The third-order valence-electron chi connectivity index (χ3n) is 4.90. The summed E-state index contributed by atoms with van der Waals surface area (Å²) in [5, 5.41) is 7.12. The molecule has 0 aromatic carbocycles. The third-order valence-corrected chi connectivity index (χ3v) is 4.90. The van der Waals surface area contributed by atoms with E-state index in [1.165, 1.54) is 11.3 Å². The molecule has 0 atom stereocenters. The molecule has 32 heavy (non-hydrogen) atoms. The SMILES string of the molecule is COc1ccc2[nH]c(CN3CCN(c4ccncc4C)CC3)nc2n1.O=C(O)C(F)(F)F. The number of hydrogen-bond donors (Lipinski definition) is 2. The Morgan fingerprint density at radius 1 is 1.19 bits per heavy atom. The van der Waals surface area contributed by atoms with Gasteiger partial charge in [0, 0.05) is 50.3 Å². The van der Waals surface area contributed by atoms with E-state index in [1.54, 1.807) is 7.11 Å². The molecular formula is C20H23F3N6O3. The zero-order valence-electron chi connectivity index (χ0n) is 17.6. The Labute approximate surface area is 181 Å². The molecule has 0 radical (unpaired) electrons. The van der Waals surface area contributed by atoms with Gasteiger partial charge < -0.3 is 19.7 Å². The molecule has 172 valence electrons. The number of imidazole rings is 1. The Balaban J connectivity index is 0.000000360. The van der Waals surface area contributed by atoms with E-state index in [4.69, 9.17) is 14.6 Å². The minimum atomic E-state index is -5.08. The number of halogens is 3. The van der Waals surface area contributed by atoms with Gasteiger partial charge in [-0.05, 0) is 24.6 Å². The molecule has 0 bridgehead atoms. The highest BCUT2D eigenvalue weighted by molar-refractivity contribution is 5.73. The first-order valence-corrected chi connectivity index (χ1v) is 9.75. The zero-order valence-corrected chi connectivity index (χ0v) is 17.6. The number of aromatic amines is 1. The number of piperazine rings is 1. The van der Waals surface area contributed by atoms with Crippen LogP contribution >= 0.6 is 0 Å². The van der Waals surface area contributed by atoms with Crippen molar-refractivity contribution in [3.8, 4) is 5.88 Å². The Hall–Kier alpha value is -3.41. The number of carbonyl (C=O) groups is 1. The molecule has 3 aromatic heterocycles. The smallest absolute Gasteiger partial charge is 0.481 e. The van der Waals surface area contributed by atoms with Gasteiger partial charge in [0.2, 0.25) is 5.88 Å². The third kappa shape index (κ3) is 5.84. The van der Waals surface area contributed by atoms with Gasteiger partial charge in [0.1, 0.15) is 5.82 Å². The average Bonchev–Trinajstić information content (AvgIpc) is 3.16. The summed E-state index contributed by atoms with van der Waals surface area (Å²) >= 11 is 0. The van der Waals surface area contributed by atoms with Crippen LogP contribution in [0.3, 0.4) is 0 Å². The molecule has 2 N–H and O–H groups in total. The van der Waals surface area contributed by atoms with E-state index < -0.39 is 12.1 Å². The number of nitrogens with zero attached hydrogens (tertiary/aromatic N) is 5. The lowest BCUT2D eigenvalue weighted by atomic mass is 10.2. The van der Waals surface area contributed by atoms with Crippen molar-refractivity contribution < 1.29 is 27.8 Å². The van der Waals surface area contributed by atoms with Crippen molar-refractivity contribution in [2.75, 3.05) is 38.2 Å². The molecule has 0 amide bonds. The van der Waals surface area contributed by atoms with Crippen molar-refractivity contribution in [2.45, 2.75) is 19.6 Å². The number of alkyl halides is 3. The van der Waals surface area contributed by atoms with E-state index in [0.29, 0.717) is 11.5 Å². The van der Waals surface area contributed by atoms with Gasteiger partial charge in [0.25, 0.3) is 0 Å². The zero-order chi connectivity index (χ0) is 23.3. The normalized spacial score (nSPS) is 14.7. The molecule has 9 nitrogen and oxygen atoms in total. The highest BCUT2D eigenvalue weighted by Gasteiger charge is 2.38. The van der Waals surface area contributed by atoms with Crippen molar-refractivity contribution in [1.29, 1.82) is 0 Å². The Morgan fingerprint density at radius 2 is 1.88 bits per heavy atom. The van der Waals surface area contributed by atoms with Crippen molar-refractivity contribution in [2.24, 2.45) is 0 Å². The number of carboxylic acid groups (broad SMARTS) is 1.